The van der Waals surface area contributed by atoms with Crippen LogP contribution in [0.3, 0.4) is 0 Å². The molecule has 40 heavy (non-hydrogen) atoms. The second-order valence-corrected chi connectivity index (χ2v) is 10.0. The predicted molar refractivity (Wildman–Crippen MR) is 152 cm³/mol. The summed E-state index contributed by atoms with van der Waals surface area (Å²) in [6.45, 7) is 6.30. The standard InChI is InChI=1S/C30H32N2O7S/c1-6-8-15-39-22-14-9-19(16-23(22)36-4)17-24-27(33)32-26(20-10-12-21(13-11-20)28(34)37-5)25(29(35)38-7-2)18(3)31-30(32)40-24/h9-14,16-17,26H,6-8,15H2,1-5H3. The Kier molecular flexibility index (Phi) is 9.21. The number of esters is 2. The summed E-state index contributed by atoms with van der Waals surface area (Å²) in [7, 11) is 2.88. The number of thiazole rings is 1. The summed E-state index contributed by atoms with van der Waals surface area (Å²) in [5.74, 6) is 0.176. The van der Waals surface area contributed by atoms with Crippen molar-refractivity contribution in [2.75, 3.05) is 27.4 Å². The molecule has 1 atom stereocenters. The molecule has 2 heterocycles. The summed E-state index contributed by atoms with van der Waals surface area (Å²) < 4.78 is 23.4. The monoisotopic (exact) mass is 564 g/mol. The Labute approximate surface area is 236 Å². The number of aromatic nitrogens is 1. The van der Waals surface area contributed by atoms with Crippen LogP contribution in [0.15, 0.2) is 63.5 Å². The van der Waals surface area contributed by atoms with E-state index in [0.29, 0.717) is 44.3 Å². The molecule has 0 spiro atoms. The number of nitrogens with zero attached hydrogens (tertiary/aromatic N) is 2. The Bertz CT molecular complexity index is 1620. The van der Waals surface area contributed by atoms with Gasteiger partial charge < -0.3 is 18.9 Å². The van der Waals surface area contributed by atoms with Gasteiger partial charge in [-0.15, -0.1) is 0 Å². The fraction of sp³-hybridized carbons (Fsp3) is 0.333. The highest BCUT2D eigenvalue weighted by molar-refractivity contribution is 7.07. The lowest BCUT2D eigenvalue weighted by Crippen LogP contribution is -2.40. The number of methoxy groups -OCH3 is 2. The third-order valence-electron chi connectivity index (χ3n) is 6.41. The smallest absolute Gasteiger partial charge is 0.338 e. The lowest BCUT2D eigenvalue weighted by atomic mass is 9.95. The van der Waals surface area contributed by atoms with Crippen molar-refractivity contribution in [3.05, 3.63) is 90.1 Å². The van der Waals surface area contributed by atoms with E-state index in [2.05, 4.69) is 11.9 Å². The minimum Gasteiger partial charge on any atom is -0.493 e. The number of benzene rings is 2. The van der Waals surface area contributed by atoms with Gasteiger partial charge in [0.15, 0.2) is 16.3 Å². The van der Waals surface area contributed by atoms with E-state index in [9.17, 15) is 14.4 Å². The van der Waals surface area contributed by atoms with E-state index in [-0.39, 0.29) is 17.7 Å². The van der Waals surface area contributed by atoms with Crippen LogP contribution in [0.2, 0.25) is 0 Å². The number of carbonyl (C=O) groups excluding carboxylic acids is 2. The van der Waals surface area contributed by atoms with Crippen LogP contribution in [-0.2, 0) is 14.3 Å². The fourth-order valence-electron chi connectivity index (χ4n) is 4.40. The Morgan fingerprint density at radius 3 is 2.45 bits per heavy atom. The molecule has 0 aliphatic carbocycles. The number of allylic oxidation sites excluding steroid dienone is 1. The van der Waals surface area contributed by atoms with Crippen LogP contribution >= 0.6 is 11.3 Å². The summed E-state index contributed by atoms with van der Waals surface area (Å²) in [6, 6.07) is 11.3. The minimum absolute atomic E-state index is 0.175. The number of rotatable bonds is 10. The largest absolute Gasteiger partial charge is 0.493 e. The lowest BCUT2D eigenvalue weighted by Gasteiger charge is -2.24. The molecule has 4 rings (SSSR count). The van der Waals surface area contributed by atoms with Gasteiger partial charge in [0, 0.05) is 0 Å². The zero-order valence-corrected chi connectivity index (χ0v) is 24.0. The maximum Gasteiger partial charge on any atom is 0.338 e. The van der Waals surface area contributed by atoms with E-state index in [0.717, 1.165) is 18.4 Å². The first-order valence-electron chi connectivity index (χ1n) is 13.0. The van der Waals surface area contributed by atoms with Gasteiger partial charge in [-0.2, -0.15) is 0 Å². The highest BCUT2D eigenvalue weighted by Gasteiger charge is 2.33. The van der Waals surface area contributed by atoms with Gasteiger partial charge >= 0.3 is 11.9 Å². The van der Waals surface area contributed by atoms with E-state index in [1.165, 1.54) is 23.0 Å². The quantitative estimate of drug-likeness (QED) is 0.273. The summed E-state index contributed by atoms with van der Waals surface area (Å²) >= 11 is 1.23. The molecule has 1 aliphatic heterocycles. The molecule has 9 nitrogen and oxygen atoms in total. The van der Waals surface area contributed by atoms with Gasteiger partial charge in [0.1, 0.15) is 0 Å². The van der Waals surface area contributed by atoms with Crippen LogP contribution in [0.25, 0.3) is 6.08 Å². The van der Waals surface area contributed by atoms with Crippen LogP contribution in [0.5, 0.6) is 11.5 Å². The molecule has 0 N–H and O–H groups in total. The van der Waals surface area contributed by atoms with Gasteiger partial charge in [-0.25, -0.2) is 14.6 Å². The molecule has 0 amide bonds. The Balaban J connectivity index is 1.83. The summed E-state index contributed by atoms with van der Waals surface area (Å²) in [4.78, 5) is 43.9. The number of unbranched alkanes of at least 4 members (excludes halogenated alkanes) is 1. The van der Waals surface area contributed by atoms with Gasteiger partial charge in [-0.1, -0.05) is 42.9 Å². The molecule has 10 heteroatoms. The van der Waals surface area contributed by atoms with Crippen molar-refractivity contribution >= 4 is 29.4 Å². The van der Waals surface area contributed by atoms with E-state index >= 15 is 0 Å². The zero-order chi connectivity index (χ0) is 28.8. The third-order valence-corrected chi connectivity index (χ3v) is 7.39. The highest BCUT2D eigenvalue weighted by atomic mass is 32.1. The number of hydrogen-bond acceptors (Lipinski definition) is 9. The number of hydrogen-bond donors (Lipinski definition) is 0. The van der Waals surface area contributed by atoms with Crippen LogP contribution in [0.4, 0.5) is 0 Å². The SMILES string of the molecule is CCCCOc1ccc(C=c2sc3n(c2=O)C(c2ccc(C(=O)OC)cc2)C(C(=O)OCC)=C(C)N=3)cc1OC. The van der Waals surface area contributed by atoms with E-state index < -0.39 is 18.0 Å². The van der Waals surface area contributed by atoms with E-state index in [4.69, 9.17) is 18.9 Å². The van der Waals surface area contributed by atoms with Gasteiger partial charge in [0.2, 0.25) is 0 Å². The van der Waals surface area contributed by atoms with Gasteiger partial charge in [0.05, 0.1) is 54.8 Å². The van der Waals surface area contributed by atoms with Crippen molar-refractivity contribution in [3.8, 4) is 11.5 Å². The van der Waals surface area contributed by atoms with Crippen molar-refractivity contribution in [2.45, 2.75) is 39.7 Å². The number of fused-ring (bicyclic) bond motifs is 1. The van der Waals surface area contributed by atoms with Gasteiger partial charge in [0.25, 0.3) is 5.56 Å². The first-order valence-corrected chi connectivity index (χ1v) is 13.8. The fourth-order valence-corrected chi connectivity index (χ4v) is 5.44. The molecule has 210 valence electrons. The Morgan fingerprint density at radius 2 is 1.80 bits per heavy atom. The average molecular weight is 565 g/mol. The van der Waals surface area contributed by atoms with Gasteiger partial charge in [-0.3, -0.25) is 9.36 Å². The first kappa shape index (κ1) is 28.8. The predicted octanol–water partition coefficient (Wildman–Crippen LogP) is 3.77. The average Bonchev–Trinajstić information content (AvgIpc) is 3.26. The molecule has 0 radical (unpaired) electrons. The lowest BCUT2D eigenvalue weighted by molar-refractivity contribution is -0.139. The minimum atomic E-state index is -0.784. The van der Waals surface area contributed by atoms with Gasteiger partial charge in [-0.05, 0) is 61.7 Å². The molecule has 1 unspecified atom stereocenters. The van der Waals surface area contributed by atoms with Crippen molar-refractivity contribution < 1.29 is 28.5 Å². The topological polar surface area (TPSA) is 105 Å². The molecule has 2 aromatic carbocycles. The third kappa shape index (κ3) is 5.86. The van der Waals surface area contributed by atoms with Crippen molar-refractivity contribution in [3.63, 3.8) is 0 Å². The normalized spacial score (nSPS) is 14.8. The summed E-state index contributed by atoms with van der Waals surface area (Å²) in [5, 5.41) is 0. The molecule has 0 bridgehead atoms. The van der Waals surface area contributed by atoms with Crippen molar-refractivity contribution in [1.82, 2.24) is 4.57 Å². The second kappa shape index (κ2) is 12.8. The van der Waals surface area contributed by atoms with Crippen LogP contribution in [0, 0.1) is 0 Å². The van der Waals surface area contributed by atoms with Crippen LogP contribution < -0.4 is 24.4 Å². The number of carbonyl (C=O) groups is 2. The molecule has 0 fully saturated rings. The molecule has 0 saturated heterocycles. The van der Waals surface area contributed by atoms with Crippen LogP contribution in [-0.4, -0.2) is 43.9 Å². The maximum atomic E-state index is 13.8. The molecule has 0 saturated carbocycles. The zero-order valence-electron chi connectivity index (χ0n) is 23.2. The summed E-state index contributed by atoms with van der Waals surface area (Å²) in [5.41, 5.74) is 2.17. The maximum absolute atomic E-state index is 13.8. The molecule has 3 aromatic rings. The molecule has 1 aromatic heterocycles. The molecular formula is C30H32N2O7S. The van der Waals surface area contributed by atoms with Crippen LogP contribution in [0.1, 0.15) is 61.1 Å². The second-order valence-electron chi connectivity index (χ2n) is 9.03. The van der Waals surface area contributed by atoms with Crippen molar-refractivity contribution in [2.24, 2.45) is 4.99 Å². The van der Waals surface area contributed by atoms with E-state index in [1.54, 1.807) is 51.3 Å². The molecule has 1 aliphatic rings. The Hall–Kier alpha value is -4.18. The summed E-state index contributed by atoms with van der Waals surface area (Å²) in [6.07, 6.45) is 3.73. The highest BCUT2D eigenvalue weighted by Crippen LogP contribution is 2.31. The number of ether oxygens (including phenoxy) is 4. The first-order chi connectivity index (χ1) is 19.3. The van der Waals surface area contributed by atoms with Crippen molar-refractivity contribution in [1.29, 1.82) is 0 Å². The van der Waals surface area contributed by atoms with E-state index in [1.807, 2.05) is 18.2 Å². The molecular weight excluding hydrogens is 532 g/mol. The Morgan fingerprint density at radius 1 is 1.05 bits per heavy atom.